The Kier molecular flexibility index (Phi) is 6.62. The highest BCUT2D eigenvalue weighted by Gasteiger charge is 2.29. The van der Waals surface area contributed by atoms with Crippen LogP contribution < -0.4 is 5.32 Å². The van der Waals surface area contributed by atoms with Crippen LogP contribution in [0.25, 0.3) is 11.3 Å². The van der Waals surface area contributed by atoms with Crippen LogP contribution in [-0.2, 0) is 11.2 Å². The van der Waals surface area contributed by atoms with Crippen LogP contribution in [0.4, 0.5) is 0 Å². The van der Waals surface area contributed by atoms with Crippen molar-refractivity contribution >= 4 is 23.4 Å². The SMILES string of the molecule is O=C(NCCc1ccc(Cl)cc1)[C@@H]1CCCN(C(=O)c2cc(-c3cccnc3)n[nH]2)C1. The molecule has 7 nitrogen and oxygen atoms in total. The Labute approximate surface area is 185 Å². The van der Waals surface area contributed by atoms with Crippen LogP contribution in [0.1, 0.15) is 28.9 Å². The molecule has 31 heavy (non-hydrogen) atoms. The van der Waals surface area contributed by atoms with Crippen LogP contribution in [0.3, 0.4) is 0 Å². The molecule has 1 saturated heterocycles. The molecule has 2 amide bonds. The van der Waals surface area contributed by atoms with Gasteiger partial charge in [0.1, 0.15) is 5.69 Å². The fourth-order valence-corrected chi connectivity index (χ4v) is 3.89. The van der Waals surface area contributed by atoms with Gasteiger partial charge in [0.2, 0.25) is 5.91 Å². The first-order chi connectivity index (χ1) is 15.1. The third-order valence-corrected chi connectivity index (χ3v) is 5.72. The predicted octanol–water partition coefficient (Wildman–Crippen LogP) is 3.34. The molecule has 0 radical (unpaired) electrons. The van der Waals surface area contributed by atoms with E-state index in [1.165, 1.54) is 0 Å². The molecule has 0 bridgehead atoms. The van der Waals surface area contributed by atoms with Gasteiger partial charge in [0.25, 0.3) is 5.91 Å². The molecule has 1 aromatic carbocycles. The van der Waals surface area contributed by atoms with E-state index in [0.717, 1.165) is 30.4 Å². The number of hydrogen-bond donors (Lipinski definition) is 2. The van der Waals surface area contributed by atoms with Crippen molar-refractivity contribution in [2.75, 3.05) is 19.6 Å². The van der Waals surface area contributed by atoms with Crippen LogP contribution >= 0.6 is 11.6 Å². The summed E-state index contributed by atoms with van der Waals surface area (Å²) in [6.07, 6.45) is 5.71. The van der Waals surface area contributed by atoms with Crippen LogP contribution in [-0.4, -0.2) is 51.5 Å². The van der Waals surface area contributed by atoms with Gasteiger partial charge >= 0.3 is 0 Å². The van der Waals surface area contributed by atoms with E-state index >= 15 is 0 Å². The number of halogens is 1. The van der Waals surface area contributed by atoms with Crippen LogP contribution in [0, 0.1) is 5.92 Å². The first kappa shape index (κ1) is 21.1. The Bertz CT molecular complexity index is 1040. The predicted molar refractivity (Wildman–Crippen MR) is 119 cm³/mol. The highest BCUT2D eigenvalue weighted by Crippen LogP contribution is 2.21. The summed E-state index contributed by atoms with van der Waals surface area (Å²) in [7, 11) is 0. The number of H-pyrrole nitrogens is 1. The topological polar surface area (TPSA) is 91.0 Å². The Morgan fingerprint density at radius 1 is 1.23 bits per heavy atom. The Balaban J connectivity index is 1.31. The van der Waals surface area contributed by atoms with Crippen LogP contribution in [0.15, 0.2) is 54.9 Å². The van der Waals surface area contributed by atoms with E-state index in [1.54, 1.807) is 23.4 Å². The molecule has 1 atom stereocenters. The first-order valence-electron chi connectivity index (χ1n) is 10.4. The number of piperidine rings is 1. The van der Waals surface area contributed by atoms with Gasteiger partial charge in [-0.05, 0) is 55.2 Å². The molecular weight excluding hydrogens is 414 g/mol. The van der Waals surface area contributed by atoms with Gasteiger partial charge in [0, 0.05) is 42.6 Å². The van der Waals surface area contributed by atoms with E-state index in [0.29, 0.717) is 36.0 Å². The zero-order chi connectivity index (χ0) is 21.6. The van der Waals surface area contributed by atoms with Crippen LogP contribution in [0.5, 0.6) is 0 Å². The van der Waals surface area contributed by atoms with Gasteiger partial charge in [0.05, 0.1) is 11.6 Å². The molecule has 1 aliphatic rings. The molecule has 1 aliphatic heterocycles. The quantitative estimate of drug-likeness (QED) is 0.618. The van der Waals surface area contributed by atoms with E-state index < -0.39 is 0 Å². The second-order valence-corrected chi connectivity index (χ2v) is 8.10. The number of aromatic nitrogens is 3. The largest absolute Gasteiger partial charge is 0.355 e. The molecule has 2 N–H and O–H groups in total. The first-order valence-corrected chi connectivity index (χ1v) is 10.7. The summed E-state index contributed by atoms with van der Waals surface area (Å²) in [6, 6.07) is 13.1. The molecule has 3 heterocycles. The van der Waals surface area contributed by atoms with Crippen LogP contribution in [0.2, 0.25) is 5.02 Å². The smallest absolute Gasteiger partial charge is 0.271 e. The summed E-state index contributed by atoms with van der Waals surface area (Å²) in [5.41, 5.74) is 3.05. The maximum Gasteiger partial charge on any atom is 0.271 e. The second kappa shape index (κ2) is 9.75. The maximum absolute atomic E-state index is 12.9. The zero-order valence-corrected chi connectivity index (χ0v) is 17.8. The lowest BCUT2D eigenvalue weighted by Crippen LogP contribution is -2.45. The van der Waals surface area contributed by atoms with Crippen molar-refractivity contribution in [1.82, 2.24) is 25.4 Å². The summed E-state index contributed by atoms with van der Waals surface area (Å²) in [5.74, 6) is -0.350. The van der Waals surface area contributed by atoms with Crippen molar-refractivity contribution in [2.45, 2.75) is 19.3 Å². The molecular formula is C23H24ClN5O2. The number of rotatable bonds is 6. The summed E-state index contributed by atoms with van der Waals surface area (Å²) in [4.78, 5) is 31.4. The number of amides is 2. The monoisotopic (exact) mass is 437 g/mol. The third kappa shape index (κ3) is 5.30. The number of aromatic amines is 1. The summed E-state index contributed by atoms with van der Waals surface area (Å²) in [6.45, 7) is 1.60. The van der Waals surface area contributed by atoms with Crippen molar-refractivity contribution in [3.05, 3.63) is 71.1 Å². The minimum absolute atomic E-state index is 0.00729. The minimum Gasteiger partial charge on any atom is -0.355 e. The van der Waals surface area contributed by atoms with Gasteiger partial charge in [-0.25, -0.2) is 0 Å². The number of nitrogens with zero attached hydrogens (tertiary/aromatic N) is 3. The normalized spacial score (nSPS) is 16.2. The standard InChI is InChI=1S/C23H24ClN5O2/c24-19-7-5-16(6-8-19)9-11-26-22(30)18-4-2-12-29(15-18)23(31)21-13-20(27-28-21)17-3-1-10-25-14-17/h1,3,5-8,10,13-14,18H,2,4,9,11-12,15H2,(H,26,30)(H,27,28)/t18-/m1/s1. The number of carbonyl (C=O) groups excluding carboxylic acids is 2. The Morgan fingerprint density at radius 2 is 2.06 bits per heavy atom. The lowest BCUT2D eigenvalue weighted by Gasteiger charge is -2.31. The highest BCUT2D eigenvalue weighted by molar-refractivity contribution is 6.30. The van der Waals surface area contributed by atoms with Gasteiger partial charge < -0.3 is 10.2 Å². The molecule has 160 valence electrons. The minimum atomic E-state index is -0.205. The molecule has 3 aromatic rings. The van der Waals surface area contributed by atoms with Gasteiger partial charge in [-0.15, -0.1) is 0 Å². The van der Waals surface area contributed by atoms with Crippen molar-refractivity contribution < 1.29 is 9.59 Å². The van der Waals surface area contributed by atoms with E-state index in [2.05, 4.69) is 20.5 Å². The number of benzene rings is 1. The molecule has 1 fully saturated rings. The zero-order valence-electron chi connectivity index (χ0n) is 17.1. The van der Waals surface area contributed by atoms with E-state index in [1.807, 2.05) is 36.4 Å². The number of carbonyl (C=O) groups is 2. The average Bonchev–Trinajstić information content (AvgIpc) is 3.31. The molecule has 0 spiro atoms. The fourth-order valence-electron chi connectivity index (χ4n) is 3.76. The molecule has 8 heteroatoms. The summed E-state index contributed by atoms with van der Waals surface area (Å²) < 4.78 is 0. The summed E-state index contributed by atoms with van der Waals surface area (Å²) >= 11 is 5.90. The van der Waals surface area contributed by atoms with Gasteiger partial charge in [0.15, 0.2) is 0 Å². The van der Waals surface area contributed by atoms with Gasteiger partial charge in [-0.2, -0.15) is 5.10 Å². The number of hydrogen-bond acceptors (Lipinski definition) is 4. The highest BCUT2D eigenvalue weighted by atomic mass is 35.5. The van der Waals surface area contributed by atoms with Crippen molar-refractivity contribution in [1.29, 1.82) is 0 Å². The lowest BCUT2D eigenvalue weighted by molar-refractivity contribution is -0.126. The molecule has 0 unspecified atom stereocenters. The molecule has 4 rings (SSSR count). The third-order valence-electron chi connectivity index (χ3n) is 5.47. The van der Waals surface area contributed by atoms with E-state index in [-0.39, 0.29) is 17.7 Å². The van der Waals surface area contributed by atoms with Gasteiger partial charge in [-0.1, -0.05) is 23.7 Å². The van der Waals surface area contributed by atoms with Crippen molar-refractivity contribution in [3.8, 4) is 11.3 Å². The van der Waals surface area contributed by atoms with Crippen molar-refractivity contribution in [3.63, 3.8) is 0 Å². The number of likely N-dealkylation sites (tertiary alicyclic amines) is 1. The molecule has 0 aliphatic carbocycles. The molecule has 2 aromatic heterocycles. The fraction of sp³-hybridized carbons (Fsp3) is 0.304. The van der Waals surface area contributed by atoms with Gasteiger partial charge in [-0.3, -0.25) is 19.7 Å². The van der Waals surface area contributed by atoms with E-state index in [4.69, 9.17) is 11.6 Å². The Morgan fingerprint density at radius 3 is 2.84 bits per heavy atom. The molecule has 0 saturated carbocycles. The Hall–Kier alpha value is -3.19. The lowest BCUT2D eigenvalue weighted by atomic mass is 9.96. The second-order valence-electron chi connectivity index (χ2n) is 7.67. The van der Waals surface area contributed by atoms with E-state index in [9.17, 15) is 9.59 Å². The average molecular weight is 438 g/mol. The maximum atomic E-state index is 12.9. The van der Waals surface area contributed by atoms with Crippen molar-refractivity contribution in [2.24, 2.45) is 5.92 Å². The number of pyridine rings is 1. The summed E-state index contributed by atoms with van der Waals surface area (Å²) in [5, 5.41) is 10.8. The number of nitrogens with one attached hydrogen (secondary N) is 2.